The Morgan fingerprint density at radius 2 is 1.47 bits per heavy atom. The van der Waals surface area contributed by atoms with Crippen LogP contribution in [-0.4, -0.2) is 47.4 Å². The van der Waals surface area contributed by atoms with E-state index in [0.717, 1.165) is 6.42 Å². The van der Waals surface area contributed by atoms with Gasteiger partial charge in [0.2, 0.25) is 0 Å². The van der Waals surface area contributed by atoms with Crippen LogP contribution in [0.25, 0.3) is 0 Å². The van der Waals surface area contributed by atoms with Crippen LogP contribution in [0, 0.1) is 17.8 Å². The zero-order valence-corrected chi connectivity index (χ0v) is 23.6. The first-order valence-corrected chi connectivity index (χ1v) is 13.1. The molecule has 10 nitrogen and oxygen atoms in total. The van der Waals surface area contributed by atoms with E-state index in [0.29, 0.717) is 12.0 Å². The summed E-state index contributed by atoms with van der Waals surface area (Å²) in [6.45, 7) is 12.7. The van der Waals surface area contributed by atoms with Crippen molar-refractivity contribution in [1.82, 2.24) is 0 Å². The van der Waals surface area contributed by atoms with E-state index in [2.05, 4.69) is 0 Å². The second-order valence-corrected chi connectivity index (χ2v) is 10.5. The average molecular weight is 538 g/mol. The van der Waals surface area contributed by atoms with Crippen LogP contribution in [0.1, 0.15) is 79.7 Å². The number of benzene rings is 1. The fourth-order valence-electron chi connectivity index (χ4n) is 3.60. The summed E-state index contributed by atoms with van der Waals surface area (Å²) in [7, 11) is 0. The molecule has 0 saturated carbocycles. The zero-order chi connectivity index (χ0) is 29.0. The molecule has 0 spiro atoms. The Balaban J connectivity index is 3.21. The molecule has 0 aliphatic rings. The molecule has 0 saturated heterocycles. The SMILES string of the molecule is CCCCOC(=O)O[C@@H](C)[C@@H](C)[C@](N)(Cc1ccc(OC(=O)CC(C)C)c(OC(=O)CC(C)C)c1)C(=O)O. The molecule has 0 fully saturated rings. The zero-order valence-electron chi connectivity index (χ0n) is 23.6. The van der Waals surface area contributed by atoms with Crippen LogP contribution in [-0.2, 0) is 30.3 Å². The van der Waals surface area contributed by atoms with Gasteiger partial charge < -0.3 is 29.8 Å². The number of nitrogens with two attached hydrogens (primary N) is 1. The van der Waals surface area contributed by atoms with Crippen molar-refractivity contribution in [1.29, 1.82) is 0 Å². The minimum Gasteiger partial charge on any atom is -0.480 e. The normalized spacial score (nSPS) is 14.4. The summed E-state index contributed by atoms with van der Waals surface area (Å²) in [6.07, 6.45) is -0.113. The molecule has 1 rings (SSSR count). The monoisotopic (exact) mass is 537 g/mol. The summed E-state index contributed by atoms with van der Waals surface area (Å²) >= 11 is 0. The fraction of sp³-hybridized carbons (Fsp3) is 0.643. The van der Waals surface area contributed by atoms with Gasteiger partial charge in [0, 0.05) is 25.2 Å². The Morgan fingerprint density at radius 1 is 0.921 bits per heavy atom. The Bertz CT molecular complexity index is 960. The lowest BCUT2D eigenvalue weighted by Crippen LogP contribution is -2.58. The summed E-state index contributed by atoms with van der Waals surface area (Å²) in [5, 5.41) is 10.0. The number of unbranched alkanes of at least 4 members (excludes halogenated alkanes) is 1. The highest BCUT2D eigenvalue weighted by atomic mass is 16.7. The summed E-state index contributed by atoms with van der Waals surface area (Å²) in [5.41, 5.74) is 4.96. The van der Waals surface area contributed by atoms with E-state index >= 15 is 0 Å². The van der Waals surface area contributed by atoms with Gasteiger partial charge in [-0.1, -0.05) is 54.0 Å². The van der Waals surface area contributed by atoms with Crippen molar-refractivity contribution in [3.8, 4) is 11.5 Å². The molecular formula is C28H43NO9. The molecule has 3 N–H and O–H groups in total. The minimum atomic E-state index is -1.85. The van der Waals surface area contributed by atoms with Gasteiger partial charge in [0.25, 0.3) is 0 Å². The average Bonchev–Trinajstić information content (AvgIpc) is 2.79. The predicted molar refractivity (Wildman–Crippen MR) is 141 cm³/mol. The van der Waals surface area contributed by atoms with Crippen LogP contribution in [0.3, 0.4) is 0 Å². The third-order valence-electron chi connectivity index (χ3n) is 6.02. The molecule has 1 aromatic carbocycles. The molecule has 0 unspecified atom stereocenters. The third-order valence-corrected chi connectivity index (χ3v) is 6.02. The maximum atomic E-state index is 12.4. The number of carbonyl (C=O) groups is 4. The number of carboxylic acid groups (broad SMARTS) is 1. The second-order valence-electron chi connectivity index (χ2n) is 10.5. The highest BCUT2D eigenvalue weighted by molar-refractivity contribution is 5.80. The Kier molecular flexibility index (Phi) is 13.3. The molecule has 1 aromatic rings. The number of esters is 2. The fourth-order valence-corrected chi connectivity index (χ4v) is 3.60. The molecule has 38 heavy (non-hydrogen) atoms. The van der Waals surface area contributed by atoms with Crippen LogP contribution in [0.2, 0.25) is 0 Å². The highest BCUT2D eigenvalue weighted by Gasteiger charge is 2.44. The lowest BCUT2D eigenvalue weighted by molar-refractivity contribution is -0.147. The van der Waals surface area contributed by atoms with Gasteiger partial charge in [0.05, 0.1) is 6.61 Å². The number of ether oxygens (including phenoxy) is 4. The van der Waals surface area contributed by atoms with Gasteiger partial charge in [-0.3, -0.25) is 14.4 Å². The number of aliphatic carboxylic acids is 1. The van der Waals surface area contributed by atoms with Crippen molar-refractivity contribution in [2.45, 2.75) is 92.2 Å². The van der Waals surface area contributed by atoms with Crippen LogP contribution >= 0.6 is 0 Å². The molecule has 0 aliphatic heterocycles. The molecule has 0 radical (unpaired) electrons. The summed E-state index contributed by atoms with van der Waals surface area (Å²) in [5.74, 6) is -2.98. The predicted octanol–water partition coefficient (Wildman–Crippen LogP) is 4.89. The molecule has 0 heterocycles. The van der Waals surface area contributed by atoms with Crippen molar-refractivity contribution >= 4 is 24.1 Å². The molecule has 3 atom stereocenters. The minimum absolute atomic E-state index is 0.00514. The van der Waals surface area contributed by atoms with Gasteiger partial charge in [-0.05, 0) is 42.9 Å². The van der Waals surface area contributed by atoms with E-state index in [9.17, 15) is 24.3 Å². The first-order chi connectivity index (χ1) is 17.7. The number of hydrogen-bond donors (Lipinski definition) is 2. The molecular weight excluding hydrogens is 494 g/mol. The van der Waals surface area contributed by atoms with E-state index in [1.165, 1.54) is 12.1 Å². The van der Waals surface area contributed by atoms with Crippen molar-refractivity contribution in [3.05, 3.63) is 23.8 Å². The van der Waals surface area contributed by atoms with Gasteiger partial charge in [-0.25, -0.2) is 4.79 Å². The van der Waals surface area contributed by atoms with Gasteiger partial charge in [-0.2, -0.15) is 0 Å². The summed E-state index contributed by atoms with van der Waals surface area (Å²) < 4.78 is 21.2. The van der Waals surface area contributed by atoms with E-state index in [1.54, 1.807) is 19.9 Å². The smallest absolute Gasteiger partial charge is 0.480 e. The van der Waals surface area contributed by atoms with Crippen molar-refractivity contribution < 1.29 is 43.2 Å². The van der Waals surface area contributed by atoms with Crippen LogP contribution in [0.5, 0.6) is 11.5 Å². The number of hydrogen-bond acceptors (Lipinski definition) is 9. The van der Waals surface area contributed by atoms with E-state index in [-0.39, 0.29) is 49.2 Å². The first-order valence-electron chi connectivity index (χ1n) is 13.1. The Labute approximate surface area is 225 Å². The molecule has 0 bridgehead atoms. The lowest BCUT2D eigenvalue weighted by Gasteiger charge is -2.34. The molecule has 0 aromatic heterocycles. The van der Waals surface area contributed by atoms with Gasteiger partial charge >= 0.3 is 24.1 Å². The maximum Gasteiger partial charge on any atom is 0.508 e. The van der Waals surface area contributed by atoms with Crippen molar-refractivity contribution in [2.24, 2.45) is 23.5 Å². The lowest BCUT2D eigenvalue weighted by atomic mass is 9.78. The Hall–Kier alpha value is -3.14. The molecule has 0 amide bonds. The van der Waals surface area contributed by atoms with E-state index in [1.807, 2.05) is 34.6 Å². The maximum absolute atomic E-state index is 12.4. The largest absolute Gasteiger partial charge is 0.508 e. The topological polar surface area (TPSA) is 151 Å². The van der Waals surface area contributed by atoms with Gasteiger partial charge in [0.1, 0.15) is 11.6 Å². The number of carboxylic acids is 1. The number of carbonyl (C=O) groups excluding carboxylic acids is 3. The third kappa shape index (κ3) is 10.7. The van der Waals surface area contributed by atoms with Crippen molar-refractivity contribution in [3.63, 3.8) is 0 Å². The van der Waals surface area contributed by atoms with Gasteiger partial charge in [0.15, 0.2) is 11.5 Å². The Morgan fingerprint density at radius 3 is 1.97 bits per heavy atom. The van der Waals surface area contributed by atoms with Crippen LogP contribution in [0.4, 0.5) is 4.79 Å². The van der Waals surface area contributed by atoms with Crippen LogP contribution in [0.15, 0.2) is 18.2 Å². The second kappa shape index (κ2) is 15.3. The first kappa shape index (κ1) is 32.9. The molecule has 0 aliphatic carbocycles. The van der Waals surface area contributed by atoms with Crippen molar-refractivity contribution in [2.75, 3.05) is 6.61 Å². The standard InChI is InChI=1S/C28H43NO9/c1-8-9-12-35-27(34)36-20(7)19(6)28(29,26(32)33)16-21-10-11-22(37-24(30)13-17(2)3)23(15-21)38-25(31)14-18(4)5/h10-11,15,17-20H,8-9,12-14,16,29H2,1-7H3,(H,32,33)/t19-,20+,28-/m1/s1. The summed E-state index contributed by atoms with van der Waals surface area (Å²) in [6, 6.07) is 4.45. The summed E-state index contributed by atoms with van der Waals surface area (Å²) in [4.78, 5) is 49.0. The van der Waals surface area contributed by atoms with Gasteiger partial charge in [-0.15, -0.1) is 0 Å². The van der Waals surface area contributed by atoms with E-state index < -0.39 is 41.6 Å². The molecule has 214 valence electrons. The van der Waals surface area contributed by atoms with E-state index in [4.69, 9.17) is 24.7 Å². The highest BCUT2D eigenvalue weighted by Crippen LogP contribution is 2.33. The van der Waals surface area contributed by atoms with Crippen LogP contribution < -0.4 is 15.2 Å². The quantitative estimate of drug-likeness (QED) is 0.180. The molecule has 10 heteroatoms. The number of rotatable bonds is 15.